The van der Waals surface area contributed by atoms with Crippen molar-refractivity contribution < 1.29 is 19.4 Å². The average Bonchev–Trinajstić information content (AvgIpc) is 3.12. The molecule has 1 aromatic rings. The molecule has 4 rings (SSSR count). The largest absolute Gasteiger partial charge is 0.481 e. The molecule has 4 heterocycles. The summed E-state index contributed by atoms with van der Waals surface area (Å²) in [4.78, 5) is 26.8. The normalized spacial score (nSPS) is 37.7. The molecule has 4 atom stereocenters. The highest BCUT2D eigenvalue weighted by Crippen LogP contribution is 2.52. The van der Waals surface area contributed by atoms with E-state index in [1.165, 1.54) is 0 Å². The van der Waals surface area contributed by atoms with Crippen LogP contribution in [0.25, 0.3) is 0 Å². The van der Waals surface area contributed by atoms with E-state index in [1.54, 1.807) is 22.3 Å². The van der Waals surface area contributed by atoms with Gasteiger partial charge < -0.3 is 14.7 Å². The van der Waals surface area contributed by atoms with E-state index in [2.05, 4.69) is 0 Å². The van der Waals surface area contributed by atoms with Crippen LogP contribution >= 0.6 is 11.3 Å². The number of aliphatic carboxylic acids is 1. The first-order valence-corrected chi connectivity index (χ1v) is 7.40. The highest BCUT2D eigenvalue weighted by atomic mass is 32.1. The van der Waals surface area contributed by atoms with Crippen molar-refractivity contribution in [2.45, 2.75) is 18.2 Å². The summed E-state index contributed by atoms with van der Waals surface area (Å²) in [6, 6.07) is 3.92. The first-order chi connectivity index (χ1) is 9.61. The molecule has 0 saturated carbocycles. The minimum atomic E-state index is -0.947. The minimum absolute atomic E-state index is 0.0994. The fourth-order valence-electron chi connectivity index (χ4n) is 3.58. The number of likely N-dealkylation sites (tertiary alicyclic amines) is 1. The van der Waals surface area contributed by atoms with E-state index in [0.717, 1.165) is 4.88 Å². The van der Waals surface area contributed by atoms with Crippen molar-refractivity contribution in [2.24, 2.45) is 11.8 Å². The smallest absolute Gasteiger partial charge is 0.310 e. The van der Waals surface area contributed by atoms with Crippen LogP contribution in [0.5, 0.6) is 0 Å². The zero-order valence-electron chi connectivity index (χ0n) is 10.6. The maximum absolute atomic E-state index is 12.6. The number of carbonyl (C=O) groups is 2. The number of thiophene rings is 1. The lowest BCUT2D eigenvalue weighted by atomic mass is 9.77. The number of hydrogen-bond acceptors (Lipinski definition) is 4. The molecule has 2 fully saturated rings. The van der Waals surface area contributed by atoms with Gasteiger partial charge >= 0.3 is 5.97 Å². The molecule has 5 nitrogen and oxygen atoms in total. The molecule has 20 heavy (non-hydrogen) atoms. The van der Waals surface area contributed by atoms with E-state index in [1.807, 2.05) is 23.6 Å². The Hall–Kier alpha value is -1.66. The molecule has 104 valence electrons. The van der Waals surface area contributed by atoms with Crippen molar-refractivity contribution in [2.75, 3.05) is 6.54 Å². The maximum atomic E-state index is 12.6. The Bertz CT molecular complexity index is 611. The summed E-state index contributed by atoms with van der Waals surface area (Å²) in [7, 11) is 0. The van der Waals surface area contributed by atoms with Crippen molar-refractivity contribution in [3.05, 3.63) is 34.5 Å². The lowest BCUT2D eigenvalue weighted by Gasteiger charge is -2.21. The molecule has 4 unspecified atom stereocenters. The molecule has 3 aliphatic heterocycles. The summed E-state index contributed by atoms with van der Waals surface area (Å²) in [5.74, 6) is -2.37. The third-order valence-corrected chi connectivity index (χ3v) is 5.25. The van der Waals surface area contributed by atoms with Gasteiger partial charge in [0.2, 0.25) is 5.91 Å². The van der Waals surface area contributed by atoms with Gasteiger partial charge in [0.25, 0.3) is 0 Å². The van der Waals surface area contributed by atoms with Gasteiger partial charge in [-0.1, -0.05) is 18.2 Å². The van der Waals surface area contributed by atoms with E-state index < -0.39 is 29.5 Å². The number of carboxylic acids is 1. The molecular formula is C14H13NO4S. The Morgan fingerprint density at radius 1 is 1.60 bits per heavy atom. The third kappa shape index (κ3) is 1.46. The summed E-state index contributed by atoms with van der Waals surface area (Å²) in [6.07, 6.45) is 3.22. The number of hydrogen-bond donors (Lipinski definition) is 1. The zero-order chi connectivity index (χ0) is 13.9. The van der Waals surface area contributed by atoms with Crippen molar-refractivity contribution in [1.82, 2.24) is 4.90 Å². The van der Waals surface area contributed by atoms with Crippen LogP contribution in [0.15, 0.2) is 29.7 Å². The molecule has 1 aromatic heterocycles. The molecule has 0 aliphatic carbocycles. The Morgan fingerprint density at radius 2 is 2.45 bits per heavy atom. The topological polar surface area (TPSA) is 66.8 Å². The van der Waals surface area contributed by atoms with Crippen LogP contribution in [-0.4, -0.2) is 40.1 Å². The summed E-state index contributed by atoms with van der Waals surface area (Å²) >= 11 is 1.59. The second-order valence-corrected chi connectivity index (χ2v) is 6.54. The van der Waals surface area contributed by atoms with Gasteiger partial charge in [0, 0.05) is 4.88 Å². The van der Waals surface area contributed by atoms with Crippen molar-refractivity contribution in [1.29, 1.82) is 0 Å². The summed E-state index contributed by atoms with van der Waals surface area (Å²) < 4.78 is 5.83. The first-order valence-electron chi connectivity index (χ1n) is 6.52. The number of amides is 1. The van der Waals surface area contributed by atoms with Crippen LogP contribution in [0.2, 0.25) is 0 Å². The van der Waals surface area contributed by atoms with E-state index in [0.29, 0.717) is 13.1 Å². The molecule has 1 amide bonds. The number of fused-ring (bicyclic) bond motifs is 1. The van der Waals surface area contributed by atoms with Gasteiger partial charge in [-0.2, -0.15) is 0 Å². The maximum Gasteiger partial charge on any atom is 0.310 e. The Morgan fingerprint density at radius 3 is 3.15 bits per heavy atom. The third-order valence-electron chi connectivity index (χ3n) is 4.39. The summed E-state index contributed by atoms with van der Waals surface area (Å²) in [5, 5.41) is 11.3. The quantitative estimate of drug-likeness (QED) is 0.847. The molecule has 6 heteroatoms. The molecule has 2 saturated heterocycles. The second kappa shape index (κ2) is 3.93. The summed E-state index contributed by atoms with van der Waals surface area (Å²) in [5.41, 5.74) is -0.720. The van der Waals surface area contributed by atoms with E-state index in [9.17, 15) is 14.7 Å². The molecule has 1 N–H and O–H groups in total. The highest BCUT2D eigenvalue weighted by molar-refractivity contribution is 7.09. The van der Waals surface area contributed by atoms with E-state index in [-0.39, 0.29) is 5.91 Å². The van der Waals surface area contributed by atoms with Crippen LogP contribution < -0.4 is 0 Å². The summed E-state index contributed by atoms with van der Waals surface area (Å²) in [6.45, 7) is 0.980. The van der Waals surface area contributed by atoms with Crippen LogP contribution in [0.4, 0.5) is 0 Å². The SMILES string of the molecule is O=C(O)C1C2C=CC3(CN(Cc4cccs4)C(=O)C13)O2. The molecule has 0 radical (unpaired) electrons. The van der Waals surface area contributed by atoms with Gasteiger partial charge in [0.05, 0.1) is 25.1 Å². The van der Waals surface area contributed by atoms with Gasteiger partial charge in [0.1, 0.15) is 11.5 Å². The van der Waals surface area contributed by atoms with Gasteiger partial charge in [-0.15, -0.1) is 11.3 Å². The van der Waals surface area contributed by atoms with Crippen LogP contribution in [-0.2, 0) is 20.9 Å². The van der Waals surface area contributed by atoms with E-state index in [4.69, 9.17) is 4.74 Å². The fraction of sp³-hybridized carbons (Fsp3) is 0.429. The lowest BCUT2D eigenvalue weighted by molar-refractivity contribution is -0.148. The van der Waals surface area contributed by atoms with Crippen molar-refractivity contribution in [3.8, 4) is 0 Å². The van der Waals surface area contributed by atoms with Gasteiger partial charge in [-0.05, 0) is 11.4 Å². The molecule has 0 aromatic carbocycles. The monoisotopic (exact) mass is 291 g/mol. The van der Waals surface area contributed by atoms with Crippen LogP contribution in [0.3, 0.4) is 0 Å². The highest BCUT2D eigenvalue weighted by Gasteiger charge is 2.66. The molecule has 2 bridgehead atoms. The Labute approximate surface area is 119 Å². The average molecular weight is 291 g/mol. The number of rotatable bonds is 3. The standard InChI is InChI=1S/C14H13NO4S/c16-12-11-10(13(17)18)9-3-4-14(11,19-9)7-15(12)6-8-2-1-5-20-8/h1-5,9-11H,6-7H2,(H,17,18). The number of carboxylic acid groups (broad SMARTS) is 1. The lowest BCUT2D eigenvalue weighted by Crippen LogP contribution is -2.39. The second-order valence-electron chi connectivity index (χ2n) is 5.51. The predicted molar refractivity (Wildman–Crippen MR) is 71.1 cm³/mol. The molecule has 1 spiro atoms. The first kappa shape index (κ1) is 12.1. The van der Waals surface area contributed by atoms with Crippen LogP contribution in [0.1, 0.15) is 4.88 Å². The van der Waals surface area contributed by atoms with E-state index >= 15 is 0 Å². The van der Waals surface area contributed by atoms with Gasteiger partial charge in [-0.25, -0.2) is 0 Å². The van der Waals surface area contributed by atoms with Gasteiger partial charge in [0.15, 0.2) is 0 Å². The number of carbonyl (C=O) groups excluding carboxylic acids is 1. The van der Waals surface area contributed by atoms with Crippen molar-refractivity contribution in [3.63, 3.8) is 0 Å². The number of ether oxygens (including phenoxy) is 1. The molecular weight excluding hydrogens is 278 g/mol. The zero-order valence-corrected chi connectivity index (χ0v) is 11.4. The van der Waals surface area contributed by atoms with Crippen LogP contribution in [0, 0.1) is 11.8 Å². The Balaban J connectivity index is 1.65. The number of nitrogens with zero attached hydrogens (tertiary/aromatic N) is 1. The Kier molecular flexibility index (Phi) is 2.38. The van der Waals surface area contributed by atoms with Crippen molar-refractivity contribution >= 4 is 23.2 Å². The minimum Gasteiger partial charge on any atom is -0.481 e. The predicted octanol–water partition coefficient (Wildman–Crippen LogP) is 1.11. The fourth-order valence-corrected chi connectivity index (χ4v) is 4.30. The molecule has 3 aliphatic rings. The van der Waals surface area contributed by atoms with Gasteiger partial charge in [-0.3, -0.25) is 9.59 Å².